The number of hydrogen-bond acceptors (Lipinski definition) is 2. The standard InChI is InChI=1S/C15H16N2/c1-11-6-9-15(17-16-11)14-8-7-12-4-2-3-5-13(12)10-14/h6-10H,2-5H2,1H3. The fourth-order valence-electron chi connectivity index (χ4n) is 2.45. The minimum absolute atomic E-state index is 0.965. The SMILES string of the molecule is Cc1ccc(-c2ccc3c(c2)CCCC3)nn1. The second-order valence-electron chi connectivity index (χ2n) is 4.75. The van der Waals surface area contributed by atoms with Gasteiger partial charge in [-0.3, -0.25) is 0 Å². The molecule has 0 aliphatic heterocycles. The molecule has 0 fully saturated rings. The van der Waals surface area contributed by atoms with Crippen molar-refractivity contribution in [2.75, 3.05) is 0 Å². The molecule has 1 aliphatic carbocycles. The second-order valence-corrected chi connectivity index (χ2v) is 4.75. The van der Waals surface area contributed by atoms with Gasteiger partial charge in [-0.15, -0.1) is 0 Å². The van der Waals surface area contributed by atoms with Gasteiger partial charge in [-0.05, 0) is 61.9 Å². The van der Waals surface area contributed by atoms with Crippen LogP contribution in [0.3, 0.4) is 0 Å². The topological polar surface area (TPSA) is 25.8 Å². The molecule has 1 aromatic carbocycles. The fourth-order valence-corrected chi connectivity index (χ4v) is 2.45. The Hall–Kier alpha value is -1.70. The Morgan fingerprint density at radius 1 is 0.882 bits per heavy atom. The van der Waals surface area contributed by atoms with Gasteiger partial charge in [-0.2, -0.15) is 10.2 Å². The Morgan fingerprint density at radius 2 is 1.71 bits per heavy atom. The number of hydrogen-bond donors (Lipinski definition) is 0. The lowest BCUT2D eigenvalue weighted by Gasteiger charge is -2.16. The van der Waals surface area contributed by atoms with E-state index in [4.69, 9.17) is 0 Å². The van der Waals surface area contributed by atoms with E-state index in [1.165, 1.54) is 42.4 Å². The van der Waals surface area contributed by atoms with Crippen molar-refractivity contribution in [1.29, 1.82) is 0 Å². The van der Waals surface area contributed by atoms with E-state index in [0.717, 1.165) is 11.4 Å². The van der Waals surface area contributed by atoms with Crippen molar-refractivity contribution in [3.8, 4) is 11.3 Å². The minimum atomic E-state index is 0.965. The highest BCUT2D eigenvalue weighted by Crippen LogP contribution is 2.26. The van der Waals surface area contributed by atoms with Crippen molar-refractivity contribution in [2.24, 2.45) is 0 Å². The smallest absolute Gasteiger partial charge is 0.0929 e. The summed E-state index contributed by atoms with van der Waals surface area (Å²) in [6.45, 7) is 1.96. The van der Waals surface area contributed by atoms with Gasteiger partial charge < -0.3 is 0 Å². The first-order chi connectivity index (χ1) is 8.33. The van der Waals surface area contributed by atoms with Crippen LogP contribution >= 0.6 is 0 Å². The van der Waals surface area contributed by atoms with E-state index in [-0.39, 0.29) is 0 Å². The van der Waals surface area contributed by atoms with E-state index in [1.54, 1.807) is 0 Å². The lowest BCUT2D eigenvalue weighted by Crippen LogP contribution is -2.02. The van der Waals surface area contributed by atoms with E-state index in [9.17, 15) is 0 Å². The normalized spacial score (nSPS) is 14.4. The molecule has 0 amide bonds. The molecule has 1 heterocycles. The van der Waals surface area contributed by atoms with Gasteiger partial charge in [0.1, 0.15) is 0 Å². The van der Waals surface area contributed by atoms with Gasteiger partial charge in [0.2, 0.25) is 0 Å². The molecule has 2 heteroatoms. The summed E-state index contributed by atoms with van der Waals surface area (Å²) in [5.74, 6) is 0. The zero-order valence-corrected chi connectivity index (χ0v) is 10.1. The van der Waals surface area contributed by atoms with E-state index in [1.807, 2.05) is 19.1 Å². The van der Waals surface area contributed by atoms with Crippen molar-refractivity contribution >= 4 is 0 Å². The fraction of sp³-hybridized carbons (Fsp3) is 0.333. The molecule has 0 unspecified atom stereocenters. The van der Waals surface area contributed by atoms with Gasteiger partial charge in [0.25, 0.3) is 0 Å². The quantitative estimate of drug-likeness (QED) is 0.742. The summed E-state index contributed by atoms with van der Waals surface area (Å²) in [6.07, 6.45) is 5.09. The Labute approximate surface area is 102 Å². The van der Waals surface area contributed by atoms with Crippen molar-refractivity contribution in [3.63, 3.8) is 0 Å². The highest BCUT2D eigenvalue weighted by atomic mass is 15.1. The highest BCUT2D eigenvalue weighted by molar-refractivity contribution is 5.60. The third-order valence-corrected chi connectivity index (χ3v) is 3.44. The van der Waals surface area contributed by atoms with Gasteiger partial charge in [-0.25, -0.2) is 0 Å². The second kappa shape index (κ2) is 4.28. The van der Waals surface area contributed by atoms with Gasteiger partial charge in [0, 0.05) is 5.56 Å². The van der Waals surface area contributed by atoms with Gasteiger partial charge in [0.15, 0.2) is 0 Å². The molecule has 86 valence electrons. The average molecular weight is 224 g/mol. The molecule has 1 aliphatic rings. The van der Waals surface area contributed by atoms with Crippen LogP contribution in [-0.2, 0) is 12.8 Å². The Morgan fingerprint density at radius 3 is 2.47 bits per heavy atom. The van der Waals surface area contributed by atoms with E-state index < -0.39 is 0 Å². The molecule has 0 saturated heterocycles. The lowest BCUT2D eigenvalue weighted by atomic mass is 9.90. The zero-order valence-electron chi connectivity index (χ0n) is 10.1. The maximum absolute atomic E-state index is 4.25. The van der Waals surface area contributed by atoms with Crippen LogP contribution in [0, 0.1) is 6.92 Å². The molecule has 0 radical (unpaired) electrons. The molecule has 2 aromatic rings. The Bertz CT molecular complexity index is 529. The van der Waals surface area contributed by atoms with Crippen molar-refractivity contribution in [3.05, 3.63) is 47.2 Å². The summed E-state index contributed by atoms with van der Waals surface area (Å²) in [4.78, 5) is 0. The molecule has 17 heavy (non-hydrogen) atoms. The zero-order chi connectivity index (χ0) is 11.7. The van der Waals surface area contributed by atoms with E-state index >= 15 is 0 Å². The van der Waals surface area contributed by atoms with Crippen LogP contribution in [-0.4, -0.2) is 10.2 Å². The number of rotatable bonds is 1. The monoisotopic (exact) mass is 224 g/mol. The van der Waals surface area contributed by atoms with Gasteiger partial charge >= 0.3 is 0 Å². The van der Waals surface area contributed by atoms with Crippen molar-refractivity contribution in [2.45, 2.75) is 32.6 Å². The summed E-state index contributed by atoms with van der Waals surface area (Å²) < 4.78 is 0. The van der Waals surface area contributed by atoms with Crippen molar-refractivity contribution in [1.82, 2.24) is 10.2 Å². The summed E-state index contributed by atoms with van der Waals surface area (Å²) in [5, 5.41) is 8.37. The predicted molar refractivity (Wildman–Crippen MR) is 68.8 cm³/mol. The maximum Gasteiger partial charge on any atom is 0.0929 e. The third-order valence-electron chi connectivity index (χ3n) is 3.44. The van der Waals surface area contributed by atoms with E-state index in [0.29, 0.717) is 0 Å². The Kier molecular flexibility index (Phi) is 2.63. The largest absolute Gasteiger partial charge is 0.155 e. The van der Waals surface area contributed by atoms with Crippen LogP contribution < -0.4 is 0 Å². The maximum atomic E-state index is 4.25. The van der Waals surface area contributed by atoms with Crippen LogP contribution in [0.5, 0.6) is 0 Å². The lowest BCUT2D eigenvalue weighted by molar-refractivity contribution is 0.686. The average Bonchev–Trinajstić information content (AvgIpc) is 2.39. The molecule has 0 atom stereocenters. The highest BCUT2D eigenvalue weighted by Gasteiger charge is 2.10. The molecule has 0 saturated carbocycles. The van der Waals surface area contributed by atoms with Gasteiger partial charge in [0.05, 0.1) is 11.4 Å². The number of aryl methyl sites for hydroxylation is 3. The Balaban J connectivity index is 2.01. The first-order valence-electron chi connectivity index (χ1n) is 6.25. The molecule has 0 N–H and O–H groups in total. The first kappa shape index (κ1) is 10.5. The third kappa shape index (κ3) is 2.07. The molecule has 0 spiro atoms. The van der Waals surface area contributed by atoms with Crippen LogP contribution in [0.25, 0.3) is 11.3 Å². The molecular formula is C15H16N2. The number of fused-ring (bicyclic) bond motifs is 1. The minimum Gasteiger partial charge on any atom is -0.155 e. The predicted octanol–water partition coefficient (Wildman–Crippen LogP) is 3.33. The molecule has 1 aromatic heterocycles. The summed E-state index contributed by atoms with van der Waals surface area (Å²) in [6, 6.07) is 10.8. The van der Waals surface area contributed by atoms with Crippen LogP contribution in [0.4, 0.5) is 0 Å². The number of benzene rings is 1. The van der Waals surface area contributed by atoms with E-state index in [2.05, 4.69) is 28.4 Å². The van der Waals surface area contributed by atoms with Crippen molar-refractivity contribution < 1.29 is 0 Å². The van der Waals surface area contributed by atoms with Crippen LogP contribution in [0.1, 0.15) is 29.7 Å². The summed E-state index contributed by atoms with van der Waals surface area (Å²) in [7, 11) is 0. The van der Waals surface area contributed by atoms with Crippen LogP contribution in [0.2, 0.25) is 0 Å². The number of aromatic nitrogens is 2. The summed E-state index contributed by atoms with van der Waals surface area (Å²) >= 11 is 0. The molecule has 3 rings (SSSR count). The summed E-state index contributed by atoms with van der Waals surface area (Å²) in [5.41, 5.74) is 6.14. The molecular weight excluding hydrogens is 208 g/mol. The molecule has 2 nitrogen and oxygen atoms in total. The number of nitrogens with zero attached hydrogens (tertiary/aromatic N) is 2. The first-order valence-corrected chi connectivity index (χ1v) is 6.25. The van der Waals surface area contributed by atoms with Crippen LogP contribution in [0.15, 0.2) is 30.3 Å². The van der Waals surface area contributed by atoms with Gasteiger partial charge in [-0.1, -0.05) is 12.1 Å². The molecule has 0 bridgehead atoms.